The third kappa shape index (κ3) is 2.99. The predicted octanol–water partition coefficient (Wildman–Crippen LogP) is 2.02. The number of aliphatic hydroxyl groups is 3. The summed E-state index contributed by atoms with van der Waals surface area (Å²) < 4.78 is 11.6. The zero-order valence-electron chi connectivity index (χ0n) is 21.4. The first-order chi connectivity index (χ1) is 16.2. The van der Waals surface area contributed by atoms with Crippen LogP contribution in [0.1, 0.15) is 54.9 Å². The molecule has 8 heteroatoms. The number of fused-ring (bicyclic) bond motifs is 3. The molecular formula is C27H36O8. The summed E-state index contributed by atoms with van der Waals surface area (Å²) in [6, 6.07) is 0. The molecule has 0 heterocycles. The van der Waals surface area contributed by atoms with Gasteiger partial charge in [0.15, 0.2) is 17.5 Å². The normalized spacial score (nSPS) is 43.7. The molecule has 4 rings (SSSR count). The Morgan fingerprint density at radius 2 is 1.89 bits per heavy atom. The Balaban J connectivity index is 1.95. The average molecular weight is 489 g/mol. The maximum absolute atomic E-state index is 14.5. The summed E-state index contributed by atoms with van der Waals surface area (Å²) >= 11 is 0. The Hall–Kier alpha value is -2.29. The van der Waals surface area contributed by atoms with Gasteiger partial charge in [0, 0.05) is 29.7 Å². The largest absolute Gasteiger partial charge is 0.458 e. The Kier molecular flexibility index (Phi) is 5.79. The van der Waals surface area contributed by atoms with Gasteiger partial charge in [-0.3, -0.25) is 9.59 Å². The molecule has 4 aliphatic rings. The van der Waals surface area contributed by atoms with E-state index in [-0.39, 0.29) is 17.8 Å². The van der Waals surface area contributed by atoms with Crippen LogP contribution in [0.5, 0.6) is 0 Å². The number of ketones is 1. The van der Waals surface area contributed by atoms with E-state index in [1.807, 2.05) is 13.8 Å². The van der Waals surface area contributed by atoms with Gasteiger partial charge in [-0.15, -0.1) is 0 Å². The summed E-state index contributed by atoms with van der Waals surface area (Å²) in [5.74, 6) is -3.27. The van der Waals surface area contributed by atoms with E-state index >= 15 is 0 Å². The van der Waals surface area contributed by atoms with E-state index in [0.717, 1.165) is 0 Å². The number of aliphatic hydroxyl groups excluding tert-OH is 2. The SMILES string of the molecule is C/C=C(\C)C(=O)O[C@H]1C(C)=CC23C(=O)[C@@H](C=C(CO)[C@@H](O)[C@]12O)[C@@H]1C(C)(C)[C@]1(OC(C)=O)CC3C. The van der Waals surface area contributed by atoms with Crippen molar-refractivity contribution in [3.8, 4) is 0 Å². The number of carbonyl (C=O) groups is 3. The van der Waals surface area contributed by atoms with Gasteiger partial charge < -0.3 is 24.8 Å². The maximum Gasteiger partial charge on any atom is 0.334 e. The molecule has 2 fully saturated rings. The lowest BCUT2D eigenvalue weighted by molar-refractivity contribution is -0.202. The molecule has 0 aliphatic heterocycles. The molecule has 4 aliphatic carbocycles. The zero-order valence-corrected chi connectivity index (χ0v) is 21.4. The van der Waals surface area contributed by atoms with Crippen molar-refractivity contribution in [1.82, 2.24) is 0 Å². The van der Waals surface area contributed by atoms with Gasteiger partial charge in [0.2, 0.25) is 0 Å². The number of hydrogen-bond donors (Lipinski definition) is 3. The van der Waals surface area contributed by atoms with Gasteiger partial charge in [0.1, 0.15) is 11.7 Å². The van der Waals surface area contributed by atoms with Crippen LogP contribution >= 0.6 is 0 Å². The lowest BCUT2D eigenvalue weighted by Crippen LogP contribution is -2.66. The highest BCUT2D eigenvalue weighted by Gasteiger charge is 2.83. The van der Waals surface area contributed by atoms with Crippen molar-refractivity contribution in [2.24, 2.45) is 28.6 Å². The van der Waals surface area contributed by atoms with Gasteiger partial charge in [-0.2, -0.15) is 0 Å². The molecule has 0 aromatic heterocycles. The fourth-order valence-corrected chi connectivity index (χ4v) is 7.47. The van der Waals surface area contributed by atoms with Crippen molar-refractivity contribution in [3.05, 3.63) is 34.9 Å². The summed E-state index contributed by atoms with van der Waals surface area (Å²) in [7, 11) is 0. The third-order valence-electron chi connectivity index (χ3n) is 9.32. The Morgan fingerprint density at radius 1 is 1.26 bits per heavy atom. The Bertz CT molecular complexity index is 1080. The van der Waals surface area contributed by atoms with E-state index in [2.05, 4.69) is 0 Å². The first kappa shape index (κ1) is 25.8. The van der Waals surface area contributed by atoms with Crippen LogP contribution in [0.4, 0.5) is 0 Å². The number of carbonyl (C=O) groups excluding carboxylic acids is 3. The molecule has 2 saturated carbocycles. The summed E-state index contributed by atoms with van der Waals surface area (Å²) in [4.78, 5) is 39.3. The summed E-state index contributed by atoms with van der Waals surface area (Å²) in [6.45, 7) is 11.3. The third-order valence-corrected chi connectivity index (χ3v) is 9.32. The zero-order chi connectivity index (χ0) is 26.3. The molecule has 0 radical (unpaired) electrons. The minimum Gasteiger partial charge on any atom is -0.458 e. The highest BCUT2D eigenvalue weighted by atomic mass is 16.6. The van der Waals surface area contributed by atoms with Crippen molar-refractivity contribution in [1.29, 1.82) is 0 Å². The second-order valence-corrected chi connectivity index (χ2v) is 11.3. The van der Waals surface area contributed by atoms with Gasteiger partial charge in [-0.05, 0) is 44.3 Å². The fourth-order valence-electron chi connectivity index (χ4n) is 7.47. The fraction of sp³-hybridized carbons (Fsp3) is 0.667. The van der Waals surface area contributed by atoms with Gasteiger partial charge in [0.05, 0.1) is 12.0 Å². The molecule has 0 aromatic carbocycles. The number of ether oxygens (including phenoxy) is 2. The molecule has 2 bridgehead atoms. The molecule has 192 valence electrons. The lowest BCUT2D eigenvalue weighted by Gasteiger charge is -2.49. The van der Waals surface area contributed by atoms with Crippen LogP contribution in [-0.2, 0) is 23.9 Å². The first-order valence-corrected chi connectivity index (χ1v) is 12.2. The number of allylic oxidation sites excluding steroid dienone is 2. The molecule has 0 aromatic rings. The summed E-state index contributed by atoms with van der Waals surface area (Å²) in [6.07, 6.45) is 2.04. The van der Waals surface area contributed by atoms with Crippen LogP contribution in [-0.4, -0.2) is 63.1 Å². The first-order valence-electron chi connectivity index (χ1n) is 12.2. The van der Waals surface area contributed by atoms with E-state index < -0.39 is 70.5 Å². The van der Waals surface area contributed by atoms with Crippen molar-refractivity contribution in [2.45, 2.75) is 78.3 Å². The minimum atomic E-state index is -2.25. The summed E-state index contributed by atoms with van der Waals surface area (Å²) in [5.41, 5.74) is -4.52. The van der Waals surface area contributed by atoms with E-state index in [9.17, 15) is 29.7 Å². The van der Waals surface area contributed by atoms with Crippen LogP contribution in [0.25, 0.3) is 0 Å². The van der Waals surface area contributed by atoms with E-state index in [4.69, 9.17) is 9.47 Å². The Morgan fingerprint density at radius 3 is 2.43 bits per heavy atom. The molecule has 0 saturated heterocycles. The highest BCUT2D eigenvalue weighted by molar-refractivity contribution is 5.96. The van der Waals surface area contributed by atoms with E-state index in [1.54, 1.807) is 39.8 Å². The molecule has 3 N–H and O–H groups in total. The number of hydrogen-bond acceptors (Lipinski definition) is 8. The highest BCUT2D eigenvalue weighted by Crippen LogP contribution is 2.75. The average Bonchev–Trinajstić information content (AvgIpc) is 3.17. The van der Waals surface area contributed by atoms with Crippen molar-refractivity contribution in [3.63, 3.8) is 0 Å². The molecule has 8 nitrogen and oxygen atoms in total. The summed E-state index contributed by atoms with van der Waals surface area (Å²) in [5, 5.41) is 34.1. The van der Waals surface area contributed by atoms with Crippen molar-refractivity contribution in [2.75, 3.05) is 6.61 Å². The van der Waals surface area contributed by atoms with E-state index in [0.29, 0.717) is 11.1 Å². The smallest absolute Gasteiger partial charge is 0.334 e. The minimum absolute atomic E-state index is 0.0770. The molecule has 8 atom stereocenters. The second kappa shape index (κ2) is 7.85. The molecule has 35 heavy (non-hydrogen) atoms. The molecule has 0 amide bonds. The van der Waals surface area contributed by atoms with Crippen molar-refractivity contribution >= 4 is 17.7 Å². The Labute approximate surface area is 205 Å². The number of rotatable bonds is 4. The lowest BCUT2D eigenvalue weighted by atomic mass is 9.59. The standard InChI is InChI=1S/C27H36O8/c1-8-13(2)23(32)34-22-14(3)10-25-15(4)11-26(35-16(5)29)19(24(26,6)7)18(21(25)31)9-17(12-28)20(30)27(22,25)33/h8-10,15,18-20,22,28,30,33H,11-12H2,1-7H3/b13-8+/t15?,18-,19+,20+,22-,25?,26-,27-/m0/s1. The van der Waals surface area contributed by atoms with Gasteiger partial charge in [0.25, 0.3) is 0 Å². The van der Waals surface area contributed by atoms with E-state index in [1.165, 1.54) is 13.0 Å². The van der Waals surface area contributed by atoms with Gasteiger partial charge >= 0.3 is 11.9 Å². The monoisotopic (exact) mass is 488 g/mol. The van der Waals surface area contributed by atoms with Crippen LogP contribution in [0, 0.1) is 28.6 Å². The topological polar surface area (TPSA) is 130 Å². The predicted molar refractivity (Wildman–Crippen MR) is 126 cm³/mol. The van der Waals surface area contributed by atoms with Crippen LogP contribution in [0.2, 0.25) is 0 Å². The number of esters is 2. The quantitative estimate of drug-likeness (QED) is 0.311. The molecule has 2 unspecified atom stereocenters. The number of Topliss-reactive ketones (excluding diaryl/α,β-unsaturated/α-hetero) is 1. The van der Waals surface area contributed by atoms with Crippen LogP contribution in [0.15, 0.2) is 34.9 Å². The maximum atomic E-state index is 14.5. The molecule has 1 spiro atoms. The van der Waals surface area contributed by atoms with Gasteiger partial charge in [-0.1, -0.05) is 39.0 Å². The molecular weight excluding hydrogens is 452 g/mol. The van der Waals surface area contributed by atoms with Crippen molar-refractivity contribution < 1.29 is 39.2 Å². The van der Waals surface area contributed by atoms with Gasteiger partial charge in [-0.25, -0.2) is 4.79 Å². The van der Waals surface area contributed by atoms with Crippen LogP contribution < -0.4 is 0 Å². The second-order valence-electron chi connectivity index (χ2n) is 11.3. The van der Waals surface area contributed by atoms with Crippen LogP contribution in [0.3, 0.4) is 0 Å².